The maximum Gasteiger partial charge on any atom is 0.254 e. The molecule has 2 amide bonds. The summed E-state index contributed by atoms with van der Waals surface area (Å²) in [6.45, 7) is 5.17. The molecule has 2 atom stereocenters. The first kappa shape index (κ1) is 30.5. The van der Waals surface area contributed by atoms with Crippen LogP contribution in [0.1, 0.15) is 39.9 Å². The first-order valence-electron chi connectivity index (χ1n) is 14.5. The van der Waals surface area contributed by atoms with Crippen LogP contribution in [0.3, 0.4) is 0 Å². The van der Waals surface area contributed by atoms with E-state index in [0.717, 1.165) is 55.4 Å². The molecule has 10 heteroatoms. The second kappa shape index (κ2) is 13.6. The number of piperazine rings is 1. The number of nitrogens with zero attached hydrogens (tertiary/aromatic N) is 3. The minimum Gasteiger partial charge on any atom is -0.497 e. The monoisotopic (exact) mass is 606 g/mol. The Morgan fingerprint density at radius 2 is 1.63 bits per heavy atom. The van der Waals surface area contributed by atoms with E-state index < -0.39 is 12.0 Å². The van der Waals surface area contributed by atoms with E-state index in [1.807, 2.05) is 42.5 Å². The highest BCUT2D eigenvalue weighted by Crippen LogP contribution is 2.45. The molecule has 1 saturated heterocycles. The Bertz CT molecular complexity index is 1440. The molecule has 0 aliphatic carbocycles. The van der Waals surface area contributed by atoms with E-state index in [1.54, 1.807) is 38.3 Å². The summed E-state index contributed by atoms with van der Waals surface area (Å²) >= 11 is 6.18. The lowest BCUT2D eigenvalue weighted by Crippen LogP contribution is -2.47. The van der Waals surface area contributed by atoms with Gasteiger partial charge in [0, 0.05) is 56.0 Å². The molecule has 5 rings (SSSR count). The van der Waals surface area contributed by atoms with Crippen molar-refractivity contribution in [2.75, 3.05) is 72.5 Å². The average molecular weight is 607 g/mol. The van der Waals surface area contributed by atoms with E-state index in [2.05, 4.69) is 21.2 Å². The smallest absolute Gasteiger partial charge is 0.254 e. The van der Waals surface area contributed by atoms with Crippen molar-refractivity contribution in [2.24, 2.45) is 0 Å². The van der Waals surface area contributed by atoms with Crippen LogP contribution in [0.15, 0.2) is 60.7 Å². The number of anilines is 1. The van der Waals surface area contributed by atoms with Gasteiger partial charge >= 0.3 is 0 Å². The summed E-state index contributed by atoms with van der Waals surface area (Å²) in [5, 5.41) is 3.92. The number of fused-ring (bicyclic) bond motifs is 1. The number of hydrogen-bond acceptors (Lipinski definition) is 7. The van der Waals surface area contributed by atoms with Crippen molar-refractivity contribution in [3.63, 3.8) is 0 Å². The molecule has 0 spiro atoms. The molecule has 3 aromatic rings. The van der Waals surface area contributed by atoms with E-state index in [-0.39, 0.29) is 11.8 Å². The SMILES string of the molecule is COc1ccc([C@H]2[C@@H](C(=O)NCCCN3CCN(c4cccc(Cl)c4)CC3)c3cc(OC)c(OC)cc3C(=O)N2C)cc1. The molecule has 0 bridgehead atoms. The van der Waals surface area contributed by atoms with Crippen LogP contribution >= 0.6 is 11.6 Å². The number of benzene rings is 3. The van der Waals surface area contributed by atoms with Gasteiger partial charge in [0.1, 0.15) is 5.75 Å². The van der Waals surface area contributed by atoms with Crippen molar-refractivity contribution >= 4 is 29.1 Å². The van der Waals surface area contributed by atoms with Gasteiger partial charge in [-0.05, 0) is 66.6 Å². The highest BCUT2D eigenvalue weighted by Gasteiger charge is 2.43. The Labute approximate surface area is 258 Å². The first-order valence-corrected chi connectivity index (χ1v) is 14.9. The predicted octanol–water partition coefficient (Wildman–Crippen LogP) is 4.60. The van der Waals surface area contributed by atoms with Gasteiger partial charge in [-0.1, -0.05) is 29.8 Å². The number of carbonyl (C=O) groups excluding carboxylic acids is 2. The minimum absolute atomic E-state index is 0.139. The third-order valence-corrected chi connectivity index (χ3v) is 8.65. The number of hydrogen-bond donors (Lipinski definition) is 1. The standard InChI is InChI=1S/C33H39ClN4O5/c1-36-31(22-9-11-25(41-2)12-10-22)30(26-20-28(42-3)29(43-4)21-27(26)33(36)40)32(39)35-13-6-14-37-15-17-38(18-16-37)24-8-5-7-23(34)19-24/h5,7-12,19-21,30-31H,6,13-18H2,1-4H3,(H,35,39)/t30-,31-/m0/s1. The Morgan fingerprint density at radius 1 is 0.930 bits per heavy atom. The van der Waals surface area contributed by atoms with Crippen LogP contribution < -0.4 is 24.4 Å². The molecule has 0 aromatic heterocycles. The Morgan fingerprint density at radius 3 is 2.28 bits per heavy atom. The Kier molecular flexibility index (Phi) is 9.62. The van der Waals surface area contributed by atoms with Gasteiger partial charge in [0.05, 0.1) is 33.3 Å². The molecule has 2 heterocycles. The molecule has 0 unspecified atom stereocenters. The van der Waals surface area contributed by atoms with Crippen molar-refractivity contribution in [1.29, 1.82) is 0 Å². The molecular weight excluding hydrogens is 568 g/mol. The predicted molar refractivity (Wildman–Crippen MR) is 168 cm³/mol. The van der Waals surface area contributed by atoms with Gasteiger partial charge < -0.3 is 29.3 Å². The molecule has 2 aliphatic rings. The summed E-state index contributed by atoms with van der Waals surface area (Å²) < 4.78 is 16.4. The van der Waals surface area contributed by atoms with Gasteiger partial charge in [-0.3, -0.25) is 14.5 Å². The van der Waals surface area contributed by atoms with Crippen LogP contribution in [0.2, 0.25) is 5.02 Å². The van der Waals surface area contributed by atoms with Crippen molar-refractivity contribution in [3.05, 3.63) is 82.4 Å². The molecule has 0 saturated carbocycles. The van der Waals surface area contributed by atoms with Crippen LogP contribution in [-0.2, 0) is 4.79 Å². The highest BCUT2D eigenvalue weighted by molar-refractivity contribution is 6.30. The summed E-state index contributed by atoms with van der Waals surface area (Å²) in [7, 11) is 6.42. The highest BCUT2D eigenvalue weighted by atomic mass is 35.5. The first-order chi connectivity index (χ1) is 20.8. The number of rotatable bonds is 10. The quantitative estimate of drug-likeness (QED) is 0.338. The van der Waals surface area contributed by atoms with E-state index >= 15 is 0 Å². The lowest BCUT2D eigenvalue weighted by molar-refractivity contribution is -0.124. The van der Waals surface area contributed by atoms with Crippen molar-refractivity contribution in [3.8, 4) is 17.2 Å². The van der Waals surface area contributed by atoms with Gasteiger partial charge in [-0.25, -0.2) is 0 Å². The number of nitrogens with one attached hydrogen (secondary N) is 1. The van der Waals surface area contributed by atoms with Crippen LogP contribution in [-0.4, -0.2) is 89.3 Å². The second-order valence-electron chi connectivity index (χ2n) is 10.9. The molecule has 9 nitrogen and oxygen atoms in total. The van der Waals surface area contributed by atoms with E-state index in [0.29, 0.717) is 34.9 Å². The summed E-state index contributed by atoms with van der Waals surface area (Å²) in [5.74, 6) is 0.654. The fourth-order valence-electron chi connectivity index (χ4n) is 6.08. The van der Waals surface area contributed by atoms with E-state index in [9.17, 15) is 9.59 Å². The number of likely N-dealkylation sites (N-methyl/N-ethyl adjacent to an activating group) is 1. The normalized spacial score (nSPS) is 18.7. The van der Waals surface area contributed by atoms with Gasteiger partial charge in [0.25, 0.3) is 5.91 Å². The Hall–Kier alpha value is -3.95. The number of ether oxygens (including phenoxy) is 3. The summed E-state index contributed by atoms with van der Waals surface area (Å²) in [4.78, 5) is 34.0. The fourth-order valence-corrected chi connectivity index (χ4v) is 6.26. The maximum absolute atomic E-state index is 14.0. The zero-order valence-electron chi connectivity index (χ0n) is 25.1. The number of carbonyl (C=O) groups is 2. The summed E-state index contributed by atoms with van der Waals surface area (Å²) in [6, 6.07) is 18.4. The lowest BCUT2D eigenvalue weighted by Gasteiger charge is -2.40. The number of halogens is 1. The van der Waals surface area contributed by atoms with E-state index in [1.165, 1.54) is 7.11 Å². The van der Waals surface area contributed by atoms with Gasteiger partial charge in [0.15, 0.2) is 11.5 Å². The number of amides is 2. The van der Waals surface area contributed by atoms with Crippen molar-refractivity contribution in [2.45, 2.75) is 18.4 Å². The number of methoxy groups -OCH3 is 3. The van der Waals surface area contributed by atoms with Crippen LogP contribution in [0.5, 0.6) is 17.2 Å². The third kappa shape index (κ3) is 6.53. The van der Waals surface area contributed by atoms with Crippen molar-refractivity contribution < 1.29 is 23.8 Å². The second-order valence-corrected chi connectivity index (χ2v) is 11.3. The molecule has 43 heavy (non-hydrogen) atoms. The molecule has 2 aliphatic heterocycles. The summed E-state index contributed by atoms with van der Waals surface area (Å²) in [5.41, 5.74) is 3.05. The van der Waals surface area contributed by atoms with Crippen LogP contribution in [0.25, 0.3) is 0 Å². The van der Waals surface area contributed by atoms with E-state index in [4.69, 9.17) is 25.8 Å². The van der Waals surface area contributed by atoms with Crippen LogP contribution in [0, 0.1) is 0 Å². The maximum atomic E-state index is 14.0. The molecule has 0 radical (unpaired) electrons. The topological polar surface area (TPSA) is 83.6 Å². The largest absolute Gasteiger partial charge is 0.497 e. The Balaban J connectivity index is 1.29. The van der Waals surface area contributed by atoms with Crippen LogP contribution in [0.4, 0.5) is 5.69 Å². The van der Waals surface area contributed by atoms with Crippen molar-refractivity contribution in [1.82, 2.24) is 15.1 Å². The molecular formula is C33H39ClN4O5. The van der Waals surface area contributed by atoms with Gasteiger partial charge in [0.2, 0.25) is 5.91 Å². The van der Waals surface area contributed by atoms with Gasteiger partial charge in [-0.15, -0.1) is 0 Å². The fraction of sp³-hybridized carbons (Fsp3) is 0.394. The summed E-state index contributed by atoms with van der Waals surface area (Å²) in [6.07, 6.45) is 0.816. The lowest BCUT2D eigenvalue weighted by atomic mass is 9.79. The molecule has 228 valence electrons. The molecule has 1 fully saturated rings. The molecule has 1 N–H and O–H groups in total. The zero-order chi connectivity index (χ0) is 30.5. The average Bonchev–Trinajstić information content (AvgIpc) is 3.04. The third-order valence-electron chi connectivity index (χ3n) is 8.41. The zero-order valence-corrected chi connectivity index (χ0v) is 25.9. The van der Waals surface area contributed by atoms with Gasteiger partial charge in [-0.2, -0.15) is 0 Å². The minimum atomic E-state index is -0.646. The molecule has 3 aromatic carbocycles.